The van der Waals surface area contributed by atoms with Crippen LogP contribution in [-0.2, 0) is 34.9 Å². The SMILES string of the molecule is CC(C)(C)c1cc(CCC(=O)O)cc(C(C)(C)C)c1O.Cc1ccc(C)c2c(N)c3c(nc12)CCCC3. The van der Waals surface area contributed by atoms with Gasteiger partial charge in [-0.2, -0.15) is 0 Å². The number of rotatable bonds is 3. The summed E-state index contributed by atoms with van der Waals surface area (Å²) in [7, 11) is 0. The predicted molar refractivity (Wildman–Crippen MR) is 154 cm³/mol. The van der Waals surface area contributed by atoms with Gasteiger partial charge in [-0.1, -0.05) is 65.8 Å². The number of hydrogen-bond acceptors (Lipinski definition) is 4. The normalized spacial score (nSPS) is 13.6. The molecule has 0 spiro atoms. The highest BCUT2D eigenvalue weighted by Gasteiger charge is 2.26. The molecule has 1 heterocycles. The summed E-state index contributed by atoms with van der Waals surface area (Å²) in [5, 5.41) is 20.6. The maximum atomic E-state index is 10.8. The van der Waals surface area contributed by atoms with Crippen molar-refractivity contribution in [3.8, 4) is 5.75 Å². The minimum Gasteiger partial charge on any atom is -0.507 e. The lowest BCUT2D eigenvalue weighted by Crippen LogP contribution is -2.18. The molecule has 0 aliphatic heterocycles. The number of nitrogens with zero attached hydrogens (tertiary/aromatic N) is 1. The Hall–Kier alpha value is -3.08. The third-order valence-corrected chi connectivity index (χ3v) is 7.28. The number of aromatic nitrogens is 1. The summed E-state index contributed by atoms with van der Waals surface area (Å²) in [4.78, 5) is 15.6. The fourth-order valence-electron chi connectivity index (χ4n) is 5.10. The van der Waals surface area contributed by atoms with Crippen molar-refractivity contribution < 1.29 is 15.0 Å². The smallest absolute Gasteiger partial charge is 0.303 e. The molecule has 0 saturated heterocycles. The van der Waals surface area contributed by atoms with Crippen molar-refractivity contribution in [1.82, 2.24) is 4.98 Å². The minimum atomic E-state index is -0.798. The molecule has 0 saturated carbocycles. The fraction of sp³-hybridized carbons (Fsp3) is 0.500. The molecular formula is C32H44N2O3. The molecule has 0 radical (unpaired) electrons. The second-order valence-electron chi connectivity index (χ2n) is 12.5. The first-order valence-electron chi connectivity index (χ1n) is 13.4. The number of nitrogen functional groups attached to an aromatic ring is 1. The van der Waals surface area contributed by atoms with Gasteiger partial charge in [-0.05, 0) is 90.2 Å². The van der Waals surface area contributed by atoms with E-state index in [2.05, 4.69) is 67.5 Å². The number of hydrogen-bond donors (Lipinski definition) is 3. The molecule has 1 aliphatic rings. The lowest BCUT2D eigenvalue weighted by Gasteiger charge is -2.28. The van der Waals surface area contributed by atoms with Crippen LogP contribution in [0.15, 0.2) is 24.3 Å². The summed E-state index contributed by atoms with van der Waals surface area (Å²) in [5.74, 6) is -0.461. The number of carboxylic acid groups (broad SMARTS) is 1. The van der Waals surface area contributed by atoms with Crippen LogP contribution in [-0.4, -0.2) is 21.2 Å². The average Bonchev–Trinajstić information content (AvgIpc) is 2.79. The molecule has 3 aromatic rings. The molecule has 4 N–H and O–H groups in total. The zero-order chi connectivity index (χ0) is 27.7. The van der Waals surface area contributed by atoms with E-state index in [1.807, 2.05) is 12.1 Å². The number of nitrogens with two attached hydrogens (primary N) is 1. The number of anilines is 1. The van der Waals surface area contributed by atoms with Crippen LogP contribution < -0.4 is 5.73 Å². The van der Waals surface area contributed by atoms with Gasteiger partial charge in [0.25, 0.3) is 0 Å². The topological polar surface area (TPSA) is 96.4 Å². The Bertz CT molecular complexity index is 1280. The van der Waals surface area contributed by atoms with Gasteiger partial charge in [-0.3, -0.25) is 9.78 Å². The Morgan fingerprint density at radius 2 is 1.49 bits per heavy atom. The molecule has 1 aromatic heterocycles. The molecule has 200 valence electrons. The van der Waals surface area contributed by atoms with Crippen molar-refractivity contribution in [2.75, 3.05) is 5.73 Å². The lowest BCUT2D eigenvalue weighted by atomic mass is 9.78. The summed E-state index contributed by atoms with van der Waals surface area (Å²) < 4.78 is 0. The van der Waals surface area contributed by atoms with Crippen LogP contribution in [0.25, 0.3) is 10.9 Å². The second kappa shape index (κ2) is 10.7. The Balaban J connectivity index is 0.000000207. The van der Waals surface area contributed by atoms with E-state index in [9.17, 15) is 9.90 Å². The van der Waals surface area contributed by atoms with E-state index < -0.39 is 5.97 Å². The largest absolute Gasteiger partial charge is 0.507 e. The molecule has 4 rings (SSSR count). The zero-order valence-corrected chi connectivity index (χ0v) is 23.9. The first kappa shape index (κ1) is 28.5. The van der Waals surface area contributed by atoms with E-state index in [1.165, 1.54) is 40.6 Å². The Morgan fingerprint density at radius 1 is 0.946 bits per heavy atom. The molecule has 0 unspecified atom stereocenters. The molecule has 5 heteroatoms. The van der Waals surface area contributed by atoms with Gasteiger partial charge in [-0.15, -0.1) is 0 Å². The molecular weight excluding hydrogens is 460 g/mol. The van der Waals surface area contributed by atoms with Crippen LogP contribution in [0.5, 0.6) is 5.75 Å². The van der Waals surface area contributed by atoms with Crippen LogP contribution >= 0.6 is 0 Å². The van der Waals surface area contributed by atoms with Crippen LogP contribution in [0.1, 0.15) is 99.9 Å². The lowest BCUT2D eigenvalue weighted by molar-refractivity contribution is -0.136. The molecule has 37 heavy (non-hydrogen) atoms. The van der Waals surface area contributed by atoms with Crippen molar-refractivity contribution in [3.63, 3.8) is 0 Å². The first-order chi connectivity index (χ1) is 17.1. The summed E-state index contributed by atoms with van der Waals surface area (Å²) in [6.45, 7) is 16.5. The summed E-state index contributed by atoms with van der Waals surface area (Å²) in [6, 6.07) is 8.16. The van der Waals surface area contributed by atoms with Crippen LogP contribution in [0.3, 0.4) is 0 Å². The van der Waals surface area contributed by atoms with Crippen molar-refractivity contribution in [2.24, 2.45) is 0 Å². The van der Waals surface area contributed by atoms with Crippen LogP contribution in [0, 0.1) is 13.8 Å². The van der Waals surface area contributed by atoms with E-state index in [0.717, 1.165) is 40.7 Å². The highest BCUT2D eigenvalue weighted by molar-refractivity contribution is 5.96. The van der Waals surface area contributed by atoms with E-state index in [4.69, 9.17) is 15.8 Å². The Labute approximate surface area is 222 Å². The molecule has 0 atom stereocenters. The van der Waals surface area contributed by atoms with Crippen LogP contribution in [0.2, 0.25) is 0 Å². The van der Waals surface area contributed by atoms with Crippen molar-refractivity contribution in [2.45, 2.75) is 105 Å². The average molecular weight is 505 g/mol. The summed E-state index contributed by atoms with van der Waals surface area (Å²) in [5.41, 5.74) is 15.8. The molecule has 0 fully saturated rings. The maximum absolute atomic E-state index is 10.8. The number of fused-ring (bicyclic) bond motifs is 2. The van der Waals surface area contributed by atoms with Gasteiger partial charge < -0.3 is 15.9 Å². The number of phenolic OH excluding ortho intramolecular Hbond substituents is 1. The third-order valence-electron chi connectivity index (χ3n) is 7.28. The first-order valence-corrected chi connectivity index (χ1v) is 13.4. The van der Waals surface area contributed by atoms with E-state index >= 15 is 0 Å². The quantitative estimate of drug-likeness (QED) is 0.347. The number of carboxylic acids is 1. The summed E-state index contributed by atoms with van der Waals surface area (Å²) >= 11 is 0. The number of benzene rings is 2. The summed E-state index contributed by atoms with van der Waals surface area (Å²) in [6.07, 6.45) is 5.27. The molecule has 2 aromatic carbocycles. The highest BCUT2D eigenvalue weighted by Crippen LogP contribution is 2.40. The fourth-order valence-corrected chi connectivity index (χ4v) is 5.10. The predicted octanol–water partition coefficient (Wildman–Crippen LogP) is 7.32. The van der Waals surface area contributed by atoms with Gasteiger partial charge in [-0.25, -0.2) is 0 Å². The minimum absolute atomic E-state index is 0.109. The monoisotopic (exact) mass is 504 g/mol. The van der Waals surface area contributed by atoms with Gasteiger partial charge in [0.1, 0.15) is 5.75 Å². The van der Waals surface area contributed by atoms with E-state index in [1.54, 1.807) is 0 Å². The number of phenols is 1. The van der Waals surface area contributed by atoms with E-state index in [0.29, 0.717) is 12.2 Å². The maximum Gasteiger partial charge on any atom is 0.303 e. The van der Waals surface area contributed by atoms with Gasteiger partial charge >= 0.3 is 5.97 Å². The zero-order valence-electron chi connectivity index (χ0n) is 23.9. The Kier molecular flexibility index (Phi) is 8.26. The molecule has 0 amide bonds. The highest BCUT2D eigenvalue weighted by atomic mass is 16.4. The number of pyridine rings is 1. The number of aryl methyl sites for hydroxylation is 4. The van der Waals surface area contributed by atoms with Gasteiger partial charge in [0.2, 0.25) is 0 Å². The number of aliphatic carboxylic acids is 1. The third kappa shape index (κ3) is 6.44. The standard InChI is InChI=1S/C17H26O3.C15H18N2/c1-16(2,3)12-9-11(7-8-14(18)19)10-13(15(12)20)17(4,5)6;1-9-7-8-10(2)15-13(9)14(16)11-5-3-4-6-12(11)17-15/h9-10,20H,7-8H2,1-6H3,(H,18,19);7-8H,3-6H2,1-2H3,(H2,16,17). The van der Waals surface area contributed by atoms with E-state index in [-0.39, 0.29) is 17.3 Å². The van der Waals surface area contributed by atoms with Gasteiger partial charge in [0, 0.05) is 23.2 Å². The number of carbonyl (C=O) groups is 1. The van der Waals surface area contributed by atoms with Crippen LogP contribution in [0.4, 0.5) is 5.69 Å². The van der Waals surface area contributed by atoms with Gasteiger partial charge in [0.05, 0.1) is 5.52 Å². The van der Waals surface area contributed by atoms with Gasteiger partial charge in [0.15, 0.2) is 0 Å². The van der Waals surface area contributed by atoms with Crippen molar-refractivity contribution >= 4 is 22.6 Å². The second-order valence-corrected chi connectivity index (χ2v) is 12.5. The molecule has 5 nitrogen and oxygen atoms in total. The molecule has 1 aliphatic carbocycles. The van der Waals surface area contributed by atoms with Crippen molar-refractivity contribution in [3.05, 3.63) is 63.3 Å². The van der Waals surface area contributed by atoms with Crippen molar-refractivity contribution in [1.29, 1.82) is 0 Å². The molecule has 0 bridgehead atoms. The Morgan fingerprint density at radius 3 is 2.03 bits per heavy atom. The number of aromatic hydroxyl groups is 1.